The minimum atomic E-state index is 0.458. The maximum Gasteiger partial charge on any atom is 0.191 e. The second-order valence-electron chi connectivity index (χ2n) is 5.98. The van der Waals surface area contributed by atoms with Crippen molar-refractivity contribution in [3.05, 3.63) is 17.5 Å². The molecule has 0 amide bonds. The zero-order valence-electron chi connectivity index (χ0n) is 13.5. The highest BCUT2D eigenvalue weighted by molar-refractivity contribution is 5.79. The van der Waals surface area contributed by atoms with Crippen molar-refractivity contribution in [2.75, 3.05) is 13.6 Å². The molecule has 2 N–H and O–H groups in total. The van der Waals surface area contributed by atoms with Crippen molar-refractivity contribution in [1.29, 1.82) is 0 Å². The molecule has 1 aliphatic rings. The Morgan fingerprint density at radius 1 is 1.33 bits per heavy atom. The molecule has 0 saturated heterocycles. The number of rotatable bonds is 6. The van der Waals surface area contributed by atoms with Crippen molar-refractivity contribution >= 4 is 5.96 Å². The van der Waals surface area contributed by atoms with E-state index < -0.39 is 0 Å². The van der Waals surface area contributed by atoms with E-state index in [0.29, 0.717) is 12.0 Å². The third-order valence-corrected chi connectivity index (χ3v) is 4.67. The standard InChI is InChI=1S/C16H28N4O/c1-4-13-10-14(21-20-13)11-18-15(17-3)19-12-16(5-2)8-6-7-9-16/h10H,4-9,11-12H2,1-3H3,(H2,17,18,19). The van der Waals surface area contributed by atoms with E-state index in [1.54, 1.807) is 7.05 Å². The van der Waals surface area contributed by atoms with E-state index in [4.69, 9.17) is 4.52 Å². The summed E-state index contributed by atoms with van der Waals surface area (Å²) in [4.78, 5) is 4.29. The summed E-state index contributed by atoms with van der Waals surface area (Å²) in [5, 5.41) is 10.8. The van der Waals surface area contributed by atoms with Gasteiger partial charge in [0.05, 0.1) is 12.2 Å². The summed E-state index contributed by atoms with van der Waals surface area (Å²) in [6.45, 7) is 5.98. The van der Waals surface area contributed by atoms with Gasteiger partial charge in [-0.3, -0.25) is 4.99 Å². The fourth-order valence-electron chi connectivity index (χ4n) is 3.05. The van der Waals surface area contributed by atoms with E-state index in [9.17, 15) is 0 Å². The Bertz CT molecular complexity index is 461. The van der Waals surface area contributed by atoms with E-state index in [-0.39, 0.29) is 0 Å². The summed E-state index contributed by atoms with van der Waals surface area (Å²) < 4.78 is 5.27. The lowest BCUT2D eigenvalue weighted by Gasteiger charge is -2.28. The summed E-state index contributed by atoms with van der Waals surface area (Å²) in [5.41, 5.74) is 1.45. The zero-order valence-corrected chi connectivity index (χ0v) is 13.5. The van der Waals surface area contributed by atoms with Gasteiger partial charge in [-0.05, 0) is 31.1 Å². The molecule has 1 saturated carbocycles. The third-order valence-electron chi connectivity index (χ3n) is 4.67. The Hall–Kier alpha value is -1.52. The van der Waals surface area contributed by atoms with Crippen LogP contribution < -0.4 is 10.6 Å². The van der Waals surface area contributed by atoms with Crippen LogP contribution in [0.5, 0.6) is 0 Å². The van der Waals surface area contributed by atoms with Crippen LogP contribution in [0.3, 0.4) is 0 Å². The molecule has 5 nitrogen and oxygen atoms in total. The second-order valence-corrected chi connectivity index (χ2v) is 5.98. The predicted molar refractivity (Wildman–Crippen MR) is 85.3 cm³/mol. The third kappa shape index (κ3) is 4.22. The zero-order chi connectivity index (χ0) is 15.1. The van der Waals surface area contributed by atoms with Crippen molar-refractivity contribution in [2.45, 2.75) is 58.9 Å². The maximum absolute atomic E-state index is 5.27. The Balaban J connectivity index is 1.80. The van der Waals surface area contributed by atoms with E-state index in [0.717, 1.165) is 30.4 Å². The summed E-state index contributed by atoms with van der Waals surface area (Å²) in [5.74, 6) is 1.69. The number of guanidine groups is 1. The van der Waals surface area contributed by atoms with Gasteiger partial charge in [-0.15, -0.1) is 0 Å². The predicted octanol–water partition coefficient (Wildman–Crippen LogP) is 2.87. The number of aryl methyl sites for hydroxylation is 1. The van der Waals surface area contributed by atoms with Crippen LogP contribution in [0.1, 0.15) is 57.4 Å². The van der Waals surface area contributed by atoms with E-state index >= 15 is 0 Å². The van der Waals surface area contributed by atoms with Crippen molar-refractivity contribution < 1.29 is 4.52 Å². The Morgan fingerprint density at radius 3 is 2.67 bits per heavy atom. The van der Waals surface area contributed by atoms with Gasteiger partial charge >= 0.3 is 0 Å². The van der Waals surface area contributed by atoms with Crippen molar-refractivity contribution in [1.82, 2.24) is 15.8 Å². The summed E-state index contributed by atoms with van der Waals surface area (Å²) >= 11 is 0. The smallest absolute Gasteiger partial charge is 0.191 e. The molecule has 1 fully saturated rings. The summed E-state index contributed by atoms with van der Waals surface area (Å²) in [7, 11) is 1.81. The van der Waals surface area contributed by atoms with Crippen LogP contribution in [0, 0.1) is 5.41 Å². The van der Waals surface area contributed by atoms with Crippen LogP contribution in [0.15, 0.2) is 15.6 Å². The van der Waals surface area contributed by atoms with Gasteiger partial charge in [-0.1, -0.05) is 31.8 Å². The molecule has 1 aliphatic carbocycles. The molecule has 0 radical (unpaired) electrons. The monoisotopic (exact) mass is 292 g/mol. The van der Waals surface area contributed by atoms with Crippen molar-refractivity contribution in [3.63, 3.8) is 0 Å². The average molecular weight is 292 g/mol. The van der Waals surface area contributed by atoms with Crippen LogP contribution in [-0.4, -0.2) is 24.7 Å². The van der Waals surface area contributed by atoms with Gasteiger partial charge in [0, 0.05) is 19.7 Å². The van der Waals surface area contributed by atoms with Crippen molar-refractivity contribution in [2.24, 2.45) is 10.4 Å². The van der Waals surface area contributed by atoms with Crippen LogP contribution in [0.4, 0.5) is 0 Å². The average Bonchev–Trinajstić information content (AvgIpc) is 3.17. The first-order valence-corrected chi connectivity index (χ1v) is 8.10. The Labute approximate surface area is 127 Å². The molecule has 0 aromatic carbocycles. The molecule has 0 aliphatic heterocycles. The Morgan fingerprint density at radius 2 is 2.10 bits per heavy atom. The summed E-state index contributed by atoms with van der Waals surface area (Å²) in [6.07, 6.45) is 7.51. The van der Waals surface area contributed by atoms with Gasteiger partial charge in [0.1, 0.15) is 0 Å². The highest BCUT2D eigenvalue weighted by Crippen LogP contribution is 2.40. The molecular weight excluding hydrogens is 264 g/mol. The maximum atomic E-state index is 5.27. The number of nitrogens with zero attached hydrogens (tertiary/aromatic N) is 2. The largest absolute Gasteiger partial charge is 0.359 e. The molecule has 0 atom stereocenters. The lowest BCUT2D eigenvalue weighted by molar-refractivity contribution is 0.283. The fraction of sp³-hybridized carbons (Fsp3) is 0.750. The highest BCUT2D eigenvalue weighted by Gasteiger charge is 2.31. The molecular formula is C16H28N4O. The first-order valence-electron chi connectivity index (χ1n) is 8.10. The topological polar surface area (TPSA) is 62.5 Å². The summed E-state index contributed by atoms with van der Waals surface area (Å²) in [6, 6.07) is 1.99. The lowest BCUT2D eigenvalue weighted by atomic mass is 9.83. The van der Waals surface area contributed by atoms with E-state index in [1.165, 1.54) is 32.1 Å². The quantitative estimate of drug-likeness (QED) is 0.625. The van der Waals surface area contributed by atoms with Gasteiger partial charge in [-0.25, -0.2) is 0 Å². The fourth-order valence-corrected chi connectivity index (χ4v) is 3.05. The van der Waals surface area contributed by atoms with Gasteiger partial charge in [0.25, 0.3) is 0 Å². The van der Waals surface area contributed by atoms with Gasteiger partial charge in [-0.2, -0.15) is 0 Å². The van der Waals surface area contributed by atoms with Crippen LogP contribution >= 0.6 is 0 Å². The second kappa shape index (κ2) is 7.48. The normalized spacial score (nSPS) is 18.0. The molecule has 1 heterocycles. The number of hydrogen-bond acceptors (Lipinski definition) is 3. The SMILES string of the molecule is CCc1cc(CNC(=NC)NCC2(CC)CCCC2)on1. The number of nitrogens with one attached hydrogen (secondary N) is 2. The van der Waals surface area contributed by atoms with Crippen LogP contribution in [0.2, 0.25) is 0 Å². The molecule has 1 aromatic rings. The molecule has 5 heteroatoms. The number of hydrogen-bond donors (Lipinski definition) is 2. The van der Waals surface area contributed by atoms with Crippen LogP contribution in [0.25, 0.3) is 0 Å². The first kappa shape index (κ1) is 15.9. The molecule has 118 valence electrons. The first-order chi connectivity index (χ1) is 10.2. The molecule has 0 bridgehead atoms. The highest BCUT2D eigenvalue weighted by atomic mass is 16.5. The molecule has 1 aromatic heterocycles. The Kier molecular flexibility index (Phi) is 5.65. The number of aromatic nitrogens is 1. The minimum absolute atomic E-state index is 0.458. The van der Waals surface area contributed by atoms with Crippen molar-refractivity contribution in [3.8, 4) is 0 Å². The van der Waals surface area contributed by atoms with Gasteiger partial charge < -0.3 is 15.2 Å². The van der Waals surface area contributed by atoms with Gasteiger partial charge in [0.2, 0.25) is 0 Å². The van der Waals surface area contributed by atoms with Crippen LogP contribution in [-0.2, 0) is 13.0 Å². The van der Waals surface area contributed by atoms with Gasteiger partial charge in [0.15, 0.2) is 11.7 Å². The number of aliphatic imine (C=N–C) groups is 1. The molecule has 21 heavy (non-hydrogen) atoms. The lowest BCUT2D eigenvalue weighted by Crippen LogP contribution is -2.42. The minimum Gasteiger partial charge on any atom is -0.359 e. The molecule has 0 unspecified atom stereocenters. The van der Waals surface area contributed by atoms with E-state index in [1.807, 2.05) is 6.07 Å². The molecule has 0 spiro atoms. The molecule has 2 rings (SSSR count). The van der Waals surface area contributed by atoms with E-state index in [2.05, 4.69) is 34.6 Å².